The molecule has 0 bridgehead atoms. The summed E-state index contributed by atoms with van der Waals surface area (Å²) >= 11 is 0. The standard InChI is InChI=1S/C17H15N3O2/c1-12-4-2-3-5-16(12)20-17(22)13(10-18)11-19-14-6-8-15(21)9-7-14/h2-9,11,19,21H,1H3,(H,20,22)/b13-11-. The second-order valence-electron chi connectivity index (χ2n) is 4.63. The van der Waals surface area contributed by atoms with Gasteiger partial charge in [-0.15, -0.1) is 0 Å². The van der Waals surface area contributed by atoms with Crippen molar-refractivity contribution in [2.75, 3.05) is 10.6 Å². The Kier molecular flexibility index (Phi) is 4.78. The van der Waals surface area contributed by atoms with E-state index >= 15 is 0 Å². The summed E-state index contributed by atoms with van der Waals surface area (Å²) in [6, 6.07) is 15.5. The molecule has 0 fully saturated rings. The van der Waals surface area contributed by atoms with E-state index in [0.717, 1.165) is 5.56 Å². The average molecular weight is 293 g/mol. The smallest absolute Gasteiger partial charge is 0.267 e. The van der Waals surface area contributed by atoms with E-state index < -0.39 is 5.91 Å². The van der Waals surface area contributed by atoms with Crippen LogP contribution in [0.5, 0.6) is 5.75 Å². The number of anilines is 2. The minimum absolute atomic E-state index is 0.0451. The maximum atomic E-state index is 12.1. The quantitative estimate of drug-likeness (QED) is 0.459. The Morgan fingerprint density at radius 3 is 2.50 bits per heavy atom. The molecule has 22 heavy (non-hydrogen) atoms. The van der Waals surface area contributed by atoms with Crippen LogP contribution in [0, 0.1) is 18.3 Å². The van der Waals surface area contributed by atoms with Crippen molar-refractivity contribution in [2.45, 2.75) is 6.92 Å². The number of hydrogen-bond acceptors (Lipinski definition) is 4. The number of aryl methyl sites for hydroxylation is 1. The van der Waals surface area contributed by atoms with E-state index in [2.05, 4.69) is 10.6 Å². The van der Waals surface area contributed by atoms with Gasteiger partial charge < -0.3 is 15.7 Å². The van der Waals surface area contributed by atoms with Gasteiger partial charge in [-0.3, -0.25) is 4.79 Å². The van der Waals surface area contributed by atoms with Gasteiger partial charge in [0, 0.05) is 17.6 Å². The maximum absolute atomic E-state index is 12.1. The molecule has 110 valence electrons. The predicted octanol–water partition coefficient (Wildman–Crippen LogP) is 3.16. The number of hydrogen-bond donors (Lipinski definition) is 3. The third-order valence-electron chi connectivity index (χ3n) is 3.01. The molecule has 0 heterocycles. The van der Waals surface area contributed by atoms with Crippen LogP contribution in [0.2, 0.25) is 0 Å². The van der Waals surface area contributed by atoms with Gasteiger partial charge in [-0.05, 0) is 42.8 Å². The Labute approximate surface area is 128 Å². The first-order valence-corrected chi connectivity index (χ1v) is 6.63. The second-order valence-corrected chi connectivity index (χ2v) is 4.63. The lowest BCUT2D eigenvalue weighted by molar-refractivity contribution is -0.112. The van der Waals surface area contributed by atoms with E-state index in [-0.39, 0.29) is 11.3 Å². The van der Waals surface area contributed by atoms with Gasteiger partial charge in [0.1, 0.15) is 17.4 Å². The number of nitriles is 1. The molecular formula is C17H15N3O2. The van der Waals surface area contributed by atoms with Gasteiger partial charge in [0.25, 0.3) is 5.91 Å². The molecule has 3 N–H and O–H groups in total. The van der Waals surface area contributed by atoms with E-state index in [9.17, 15) is 9.90 Å². The molecule has 2 aromatic rings. The predicted molar refractivity (Wildman–Crippen MR) is 85.2 cm³/mol. The molecule has 0 unspecified atom stereocenters. The fourth-order valence-corrected chi connectivity index (χ4v) is 1.76. The van der Waals surface area contributed by atoms with Crippen LogP contribution in [0.3, 0.4) is 0 Å². The minimum atomic E-state index is -0.483. The minimum Gasteiger partial charge on any atom is -0.508 e. The van der Waals surface area contributed by atoms with Crippen molar-refractivity contribution in [3.63, 3.8) is 0 Å². The number of carbonyl (C=O) groups excluding carboxylic acids is 1. The van der Waals surface area contributed by atoms with E-state index in [1.54, 1.807) is 18.2 Å². The highest BCUT2D eigenvalue weighted by Gasteiger charge is 2.10. The number of nitrogens with zero attached hydrogens (tertiary/aromatic N) is 1. The number of amides is 1. The zero-order chi connectivity index (χ0) is 15.9. The number of phenolic OH excluding ortho intramolecular Hbond substituents is 1. The normalized spacial score (nSPS) is 10.6. The SMILES string of the molecule is Cc1ccccc1NC(=O)/C(C#N)=C\Nc1ccc(O)cc1. The van der Waals surface area contributed by atoms with Crippen molar-refractivity contribution < 1.29 is 9.90 Å². The molecule has 0 radical (unpaired) electrons. The number of para-hydroxylation sites is 1. The number of benzene rings is 2. The molecule has 0 spiro atoms. The lowest BCUT2D eigenvalue weighted by atomic mass is 10.2. The summed E-state index contributed by atoms with van der Waals surface area (Å²) in [4.78, 5) is 12.1. The van der Waals surface area contributed by atoms with Gasteiger partial charge in [-0.2, -0.15) is 5.26 Å². The Hall–Kier alpha value is -3.26. The molecule has 0 atom stereocenters. The second kappa shape index (κ2) is 6.95. The molecule has 1 amide bonds. The molecular weight excluding hydrogens is 278 g/mol. The van der Waals surface area contributed by atoms with Crippen LogP contribution in [-0.2, 0) is 4.79 Å². The van der Waals surface area contributed by atoms with Gasteiger partial charge in [-0.1, -0.05) is 18.2 Å². The average Bonchev–Trinajstić information content (AvgIpc) is 2.52. The fourth-order valence-electron chi connectivity index (χ4n) is 1.76. The molecule has 0 aliphatic carbocycles. The Bertz CT molecular complexity index is 743. The Balaban J connectivity index is 2.09. The van der Waals surface area contributed by atoms with E-state index in [4.69, 9.17) is 5.26 Å². The van der Waals surface area contributed by atoms with Crippen LogP contribution in [-0.4, -0.2) is 11.0 Å². The highest BCUT2D eigenvalue weighted by molar-refractivity contribution is 6.07. The lowest BCUT2D eigenvalue weighted by Crippen LogP contribution is -2.15. The third kappa shape index (κ3) is 3.87. The lowest BCUT2D eigenvalue weighted by Gasteiger charge is -2.07. The number of aromatic hydroxyl groups is 1. The summed E-state index contributed by atoms with van der Waals surface area (Å²) in [5, 5.41) is 23.9. The first-order chi connectivity index (χ1) is 10.6. The van der Waals surface area contributed by atoms with E-state index in [0.29, 0.717) is 11.4 Å². The van der Waals surface area contributed by atoms with Crippen molar-refractivity contribution >= 4 is 17.3 Å². The molecule has 0 aliphatic heterocycles. The summed E-state index contributed by atoms with van der Waals surface area (Å²) in [5.41, 5.74) is 2.20. The first kappa shape index (κ1) is 15.1. The maximum Gasteiger partial charge on any atom is 0.267 e. The van der Waals surface area contributed by atoms with Crippen LogP contribution < -0.4 is 10.6 Å². The van der Waals surface area contributed by atoms with Gasteiger partial charge >= 0.3 is 0 Å². The Morgan fingerprint density at radius 1 is 1.18 bits per heavy atom. The van der Waals surface area contributed by atoms with Crippen molar-refractivity contribution in [3.8, 4) is 11.8 Å². The fraction of sp³-hybridized carbons (Fsp3) is 0.0588. The van der Waals surface area contributed by atoms with Crippen molar-refractivity contribution in [1.82, 2.24) is 0 Å². The van der Waals surface area contributed by atoms with Crippen LogP contribution in [0.1, 0.15) is 5.56 Å². The van der Waals surface area contributed by atoms with Crippen molar-refractivity contribution in [2.24, 2.45) is 0 Å². The number of nitrogens with one attached hydrogen (secondary N) is 2. The zero-order valence-corrected chi connectivity index (χ0v) is 12.0. The van der Waals surface area contributed by atoms with E-state index in [1.165, 1.54) is 18.3 Å². The van der Waals surface area contributed by atoms with Crippen LogP contribution in [0.25, 0.3) is 0 Å². The molecule has 0 aromatic heterocycles. The van der Waals surface area contributed by atoms with Crippen LogP contribution in [0.15, 0.2) is 60.3 Å². The summed E-state index contributed by atoms with van der Waals surface area (Å²) in [5.74, 6) is -0.338. The molecule has 0 saturated carbocycles. The first-order valence-electron chi connectivity index (χ1n) is 6.63. The third-order valence-corrected chi connectivity index (χ3v) is 3.01. The molecule has 5 nitrogen and oxygen atoms in total. The monoisotopic (exact) mass is 293 g/mol. The highest BCUT2D eigenvalue weighted by atomic mass is 16.3. The molecule has 0 saturated heterocycles. The summed E-state index contributed by atoms with van der Waals surface area (Å²) < 4.78 is 0. The van der Waals surface area contributed by atoms with Crippen LogP contribution in [0.4, 0.5) is 11.4 Å². The van der Waals surface area contributed by atoms with Crippen molar-refractivity contribution in [3.05, 3.63) is 65.9 Å². The molecule has 5 heteroatoms. The summed E-state index contributed by atoms with van der Waals surface area (Å²) in [6.45, 7) is 1.88. The molecule has 0 aliphatic rings. The van der Waals surface area contributed by atoms with Gasteiger partial charge in [-0.25, -0.2) is 0 Å². The summed E-state index contributed by atoms with van der Waals surface area (Å²) in [7, 11) is 0. The Morgan fingerprint density at radius 2 is 1.86 bits per heavy atom. The van der Waals surface area contributed by atoms with Gasteiger partial charge in [0.15, 0.2) is 0 Å². The highest BCUT2D eigenvalue weighted by Crippen LogP contribution is 2.16. The van der Waals surface area contributed by atoms with E-state index in [1.807, 2.05) is 31.2 Å². The summed E-state index contributed by atoms with van der Waals surface area (Å²) in [6.07, 6.45) is 1.33. The number of phenols is 1. The zero-order valence-electron chi connectivity index (χ0n) is 12.0. The van der Waals surface area contributed by atoms with Gasteiger partial charge in [0.05, 0.1) is 0 Å². The molecule has 2 rings (SSSR count). The van der Waals surface area contributed by atoms with Crippen LogP contribution >= 0.6 is 0 Å². The molecule has 2 aromatic carbocycles. The number of rotatable bonds is 4. The largest absolute Gasteiger partial charge is 0.508 e. The number of carbonyl (C=O) groups is 1. The van der Waals surface area contributed by atoms with Crippen molar-refractivity contribution in [1.29, 1.82) is 5.26 Å². The topological polar surface area (TPSA) is 85.2 Å². The van der Waals surface area contributed by atoms with Gasteiger partial charge in [0.2, 0.25) is 0 Å².